The first-order valence-electron chi connectivity index (χ1n) is 8.99. The second kappa shape index (κ2) is 11.1. The van der Waals surface area contributed by atoms with E-state index in [-0.39, 0.29) is 37.3 Å². The van der Waals surface area contributed by atoms with Gasteiger partial charge in [0.15, 0.2) is 6.61 Å². The van der Waals surface area contributed by atoms with Crippen molar-refractivity contribution < 1.29 is 19.1 Å². The van der Waals surface area contributed by atoms with E-state index in [2.05, 4.69) is 10.6 Å². The van der Waals surface area contributed by atoms with Crippen LogP contribution in [0.1, 0.15) is 37.8 Å². The maximum Gasteiger partial charge on any atom is 0.306 e. The fourth-order valence-corrected chi connectivity index (χ4v) is 2.60. The van der Waals surface area contributed by atoms with Gasteiger partial charge in [-0.3, -0.25) is 14.4 Å². The average molecular weight is 403 g/mol. The molecule has 6 nitrogen and oxygen atoms in total. The molecule has 0 aliphatic carbocycles. The molecule has 0 unspecified atom stereocenters. The van der Waals surface area contributed by atoms with Crippen LogP contribution in [0.15, 0.2) is 54.6 Å². The third-order valence-corrected chi connectivity index (χ3v) is 4.21. The average Bonchev–Trinajstić information content (AvgIpc) is 2.69. The fourth-order valence-electron chi connectivity index (χ4n) is 2.48. The summed E-state index contributed by atoms with van der Waals surface area (Å²) in [6, 6.07) is 16.1. The van der Waals surface area contributed by atoms with Crippen LogP contribution in [-0.2, 0) is 19.1 Å². The molecule has 0 spiro atoms. The smallest absolute Gasteiger partial charge is 0.306 e. The van der Waals surface area contributed by atoms with Gasteiger partial charge in [0.1, 0.15) is 0 Å². The number of anilines is 1. The number of carbonyl (C=O) groups excluding carboxylic acids is 3. The Morgan fingerprint density at radius 3 is 2.32 bits per heavy atom. The lowest BCUT2D eigenvalue weighted by atomic mass is 10.1. The minimum atomic E-state index is -0.512. The second-order valence-electron chi connectivity index (χ2n) is 6.27. The number of carbonyl (C=O) groups is 3. The number of amides is 2. The number of esters is 1. The quantitative estimate of drug-likeness (QED) is 0.623. The molecule has 28 heavy (non-hydrogen) atoms. The third kappa shape index (κ3) is 7.80. The summed E-state index contributed by atoms with van der Waals surface area (Å²) in [6.45, 7) is 1.52. The van der Waals surface area contributed by atoms with E-state index in [0.717, 1.165) is 5.56 Å². The first-order valence-corrected chi connectivity index (χ1v) is 9.37. The molecule has 2 aromatic carbocycles. The highest BCUT2D eigenvalue weighted by atomic mass is 35.5. The molecular formula is C21H23ClN2O4. The Hall–Kier alpha value is -2.86. The van der Waals surface area contributed by atoms with Crippen LogP contribution >= 0.6 is 11.6 Å². The minimum Gasteiger partial charge on any atom is -0.456 e. The summed E-state index contributed by atoms with van der Waals surface area (Å²) in [7, 11) is 0. The van der Waals surface area contributed by atoms with Crippen LogP contribution in [0.5, 0.6) is 0 Å². The molecule has 0 saturated carbocycles. The van der Waals surface area contributed by atoms with Crippen LogP contribution in [-0.4, -0.2) is 24.4 Å². The number of ether oxygens (including phenoxy) is 1. The molecule has 0 saturated heterocycles. The normalized spacial score (nSPS) is 11.4. The van der Waals surface area contributed by atoms with Crippen molar-refractivity contribution in [2.24, 2.45) is 0 Å². The zero-order valence-electron chi connectivity index (χ0n) is 15.6. The predicted octanol–water partition coefficient (Wildman–Crippen LogP) is 3.87. The topological polar surface area (TPSA) is 84.5 Å². The van der Waals surface area contributed by atoms with E-state index in [1.54, 1.807) is 24.3 Å². The van der Waals surface area contributed by atoms with Crippen molar-refractivity contribution in [3.63, 3.8) is 0 Å². The number of rotatable bonds is 9. The Bertz CT molecular complexity index is 794. The molecular weight excluding hydrogens is 380 g/mol. The van der Waals surface area contributed by atoms with E-state index in [1.165, 1.54) is 0 Å². The third-order valence-electron chi connectivity index (χ3n) is 3.95. The lowest BCUT2D eigenvalue weighted by Crippen LogP contribution is -2.31. The summed E-state index contributed by atoms with van der Waals surface area (Å²) >= 11 is 5.78. The predicted molar refractivity (Wildman–Crippen MR) is 108 cm³/mol. The molecule has 1 atom stereocenters. The Kier molecular flexibility index (Phi) is 8.49. The van der Waals surface area contributed by atoms with E-state index >= 15 is 0 Å². The lowest BCUT2D eigenvalue weighted by Gasteiger charge is -2.14. The molecule has 0 heterocycles. The summed E-state index contributed by atoms with van der Waals surface area (Å²) in [5.74, 6) is -1.09. The van der Waals surface area contributed by atoms with Gasteiger partial charge in [0.05, 0.1) is 6.04 Å². The van der Waals surface area contributed by atoms with Crippen LogP contribution in [0.3, 0.4) is 0 Å². The molecule has 0 radical (unpaired) electrons. The highest BCUT2D eigenvalue weighted by Gasteiger charge is 2.12. The lowest BCUT2D eigenvalue weighted by molar-refractivity contribution is -0.148. The van der Waals surface area contributed by atoms with Crippen molar-refractivity contribution in [2.45, 2.75) is 32.2 Å². The molecule has 7 heteroatoms. The van der Waals surface area contributed by atoms with Gasteiger partial charge in [-0.25, -0.2) is 0 Å². The molecule has 2 amide bonds. The van der Waals surface area contributed by atoms with Gasteiger partial charge in [0.25, 0.3) is 5.91 Å². The van der Waals surface area contributed by atoms with Gasteiger partial charge in [-0.15, -0.1) is 0 Å². The molecule has 2 aromatic rings. The molecule has 0 fully saturated rings. The summed E-state index contributed by atoms with van der Waals surface area (Å²) in [5, 5.41) is 6.07. The Labute approximate surface area is 169 Å². The van der Waals surface area contributed by atoms with Crippen molar-refractivity contribution >= 4 is 35.1 Å². The molecule has 0 bridgehead atoms. The maximum atomic E-state index is 11.9. The maximum absolute atomic E-state index is 11.9. The standard InChI is InChI=1S/C21H23ClN2O4/c1-15(16-6-3-2-4-7-16)23-20(26)14-28-21(27)9-5-8-19(25)24-18-12-10-17(22)11-13-18/h2-4,6-7,10-13,15H,5,8-9,14H2,1H3,(H,23,26)(H,24,25)/t15-/m0/s1. The van der Waals surface area contributed by atoms with Crippen molar-refractivity contribution in [1.29, 1.82) is 0 Å². The Morgan fingerprint density at radius 1 is 0.964 bits per heavy atom. The summed E-state index contributed by atoms with van der Waals surface area (Å²) in [4.78, 5) is 35.5. The minimum absolute atomic E-state index is 0.0650. The van der Waals surface area contributed by atoms with Crippen molar-refractivity contribution in [3.8, 4) is 0 Å². The van der Waals surface area contributed by atoms with Gasteiger partial charge in [-0.2, -0.15) is 0 Å². The summed E-state index contributed by atoms with van der Waals surface area (Å²) < 4.78 is 4.96. The van der Waals surface area contributed by atoms with E-state index in [9.17, 15) is 14.4 Å². The van der Waals surface area contributed by atoms with E-state index < -0.39 is 5.97 Å². The van der Waals surface area contributed by atoms with E-state index in [1.807, 2.05) is 37.3 Å². The second-order valence-corrected chi connectivity index (χ2v) is 6.71. The van der Waals surface area contributed by atoms with Gasteiger partial charge < -0.3 is 15.4 Å². The van der Waals surface area contributed by atoms with Crippen LogP contribution in [0.25, 0.3) is 0 Å². The zero-order chi connectivity index (χ0) is 20.4. The molecule has 0 aromatic heterocycles. The fraction of sp³-hybridized carbons (Fsp3) is 0.286. The molecule has 2 N–H and O–H groups in total. The van der Waals surface area contributed by atoms with E-state index in [4.69, 9.17) is 16.3 Å². The SMILES string of the molecule is C[C@H](NC(=O)COC(=O)CCCC(=O)Nc1ccc(Cl)cc1)c1ccccc1. The number of benzene rings is 2. The van der Waals surface area contributed by atoms with Gasteiger partial charge >= 0.3 is 5.97 Å². The number of hydrogen-bond donors (Lipinski definition) is 2. The van der Waals surface area contributed by atoms with Crippen LogP contribution < -0.4 is 10.6 Å². The molecule has 2 rings (SSSR count). The van der Waals surface area contributed by atoms with Gasteiger partial charge in [0.2, 0.25) is 5.91 Å². The Morgan fingerprint density at radius 2 is 1.64 bits per heavy atom. The van der Waals surface area contributed by atoms with Crippen LogP contribution in [0.4, 0.5) is 5.69 Å². The molecule has 0 aliphatic heterocycles. The van der Waals surface area contributed by atoms with Gasteiger partial charge in [0, 0.05) is 23.6 Å². The van der Waals surface area contributed by atoms with Crippen molar-refractivity contribution in [3.05, 3.63) is 65.2 Å². The summed E-state index contributed by atoms with van der Waals surface area (Å²) in [6.07, 6.45) is 0.574. The first kappa shape index (κ1) is 21.4. The first-order chi connectivity index (χ1) is 13.4. The molecule has 0 aliphatic rings. The largest absolute Gasteiger partial charge is 0.456 e. The molecule has 148 valence electrons. The van der Waals surface area contributed by atoms with Crippen molar-refractivity contribution in [2.75, 3.05) is 11.9 Å². The number of halogens is 1. The highest BCUT2D eigenvalue weighted by molar-refractivity contribution is 6.30. The highest BCUT2D eigenvalue weighted by Crippen LogP contribution is 2.14. The van der Waals surface area contributed by atoms with Crippen LogP contribution in [0.2, 0.25) is 5.02 Å². The van der Waals surface area contributed by atoms with Crippen LogP contribution in [0, 0.1) is 0 Å². The number of hydrogen-bond acceptors (Lipinski definition) is 4. The van der Waals surface area contributed by atoms with Gasteiger partial charge in [-0.1, -0.05) is 41.9 Å². The number of nitrogens with one attached hydrogen (secondary N) is 2. The summed E-state index contributed by atoms with van der Waals surface area (Å²) in [5.41, 5.74) is 1.61. The van der Waals surface area contributed by atoms with Crippen molar-refractivity contribution in [1.82, 2.24) is 5.32 Å². The van der Waals surface area contributed by atoms with Gasteiger partial charge in [-0.05, 0) is 43.2 Å². The Balaban J connectivity index is 1.61. The van der Waals surface area contributed by atoms with E-state index in [0.29, 0.717) is 17.1 Å². The zero-order valence-corrected chi connectivity index (χ0v) is 16.4. The monoisotopic (exact) mass is 402 g/mol.